The molecule has 8 nitrogen and oxygen atoms in total. The lowest BCUT2D eigenvalue weighted by Crippen LogP contribution is -2.13. The van der Waals surface area contributed by atoms with Crippen molar-refractivity contribution in [2.24, 2.45) is 5.73 Å². The maximum absolute atomic E-state index is 11.7. The minimum absolute atomic E-state index is 0.229. The summed E-state index contributed by atoms with van der Waals surface area (Å²) in [4.78, 5) is 35.9. The predicted octanol–water partition coefficient (Wildman–Crippen LogP) is 2.35. The second-order valence-corrected chi connectivity index (χ2v) is 6.03. The zero-order valence-electron chi connectivity index (χ0n) is 15.3. The first-order valence-corrected chi connectivity index (χ1v) is 8.61. The van der Waals surface area contributed by atoms with Crippen LogP contribution in [0, 0.1) is 6.92 Å². The van der Waals surface area contributed by atoms with Crippen LogP contribution in [0.2, 0.25) is 0 Å². The minimum atomic E-state index is -0.363. The lowest BCUT2D eigenvalue weighted by molar-refractivity contribution is 0.0999. The van der Waals surface area contributed by atoms with Crippen molar-refractivity contribution >= 4 is 23.0 Å². The first-order chi connectivity index (χ1) is 13.5. The van der Waals surface area contributed by atoms with Gasteiger partial charge in [0.25, 0.3) is 5.56 Å². The van der Waals surface area contributed by atoms with Gasteiger partial charge in [0.05, 0.1) is 6.33 Å². The van der Waals surface area contributed by atoms with E-state index in [-0.39, 0.29) is 11.5 Å². The molecule has 0 saturated heterocycles. The zero-order valence-corrected chi connectivity index (χ0v) is 15.3. The molecule has 0 saturated carbocycles. The maximum atomic E-state index is 11.7. The third-order valence-corrected chi connectivity index (χ3v) is 4.01. The van der Waals surface area contributed by atoms with Gasteiger partial charge >= 0.3 is 0 Å². The summed E-state index contributed by atoms with van der Waals surface area (Å²) in [5.74, 6) is 0.0570. The lowest BCUT2D eigenvalue weighted by Gasteiger charge is -2.04. The number of primary amides is 1. The normalized spacial score (nSPS) is 10.2. The number of benzene rings is 2. The average molecular weight is 376 g/mol. The summed E-state index contributed by atoms with van der Waals surface area (Å²) in [6, 6.07) is 17.1. The van der Waals surface area contributed by atoms with Gasteiger partial charge in [-0.05, 0) is 24.1 Å². The summed E-state index contributed by atoms with van der Waals surface area (Å²) in [5.41, 5.74) is 8.29. The molecule has 8 heteroatoms. The fourth-order valence-electron chi connectivity index (χ4n) is 2.56. The molecule has 0 unspecified atom stereocenters. The second-order valence-electron chi connectivity index (χ2n) is 6.03. The van der Waals surface area contributed by atoms with Gasteiger partial charge in [0.15, 0.2) is 11.2 Å². The Morgan fingerprint density at radius 3 is 2.50 bits per heavy atom. The smallest absolute Gasteiger partial charge is 0.278 e. The van der Waals surface area contributed by atoms with E-state index in [4.69, 9.17) is 5.73 Å². The molecule has 0 aliphatic rings. The number of nitrogens with two attached hydrogens (primary N) is 1. The molecule has 0 atom stereocenters. The number of nitrogens with one attached hydrogen (secondary N) is 3. The molecule has 0 aliphatic heterocycles. The van der Waals surface area contributed by atoms with Crippen molar-refractivity contribution in [2.45, 2.75) is 13.5 Å². The highest BCUT2D eigenvalue weighted by Gasteiger charge is 2.05. The second kappa shape index (κ2) is 8.63. The fourth-order valence-corrected chi connectivity index (χ4v) is 2.56. The van der Waals surface area contributed by atoms with Gasteiger partial charge in [0, 0.05) is 12.1 Å². The monoisotopic (exact) mass is 376 g/mol. The molecule has 0 spiro atoms. The molecule has 4 aromatic rings. The standard InChI is InChI=1S/C12H11N5O.C8H9NO/c18-11-9-10(15-7-14-9)16-12(17-11)13-6-8-4-2-1-3-5-8;1-6-4-2-3-5-7(6)8(9)10/h1-5,7H,6H2,(H3,13,14,15,16,17,18);2-5H,1H3,(H2,9,10). The zero-order chi connectivity index (χ0) is 19.9. The van der Waals surface area contributed by atoms with Gasteiger partial charge in [0.2, 0.25) is 11.9 Å². The number of hydrogen-bond acceptors (Lipinski definition) is 5. The third-order valence-electron chi connectivity index (χ3n) is 4.01. The van der Waals surface area contributed by atoms with Crippen LogP contribution in [0.4, 0.5) is 5.95 Å². The van der Waals surface area contributed by atoms with E-state index in [2.05, 4.69) is 25.3 Å². The topological polar surface area (TPSA) is 130 Å². The predicted molar refractivity (Wildman–Crippen MR) is 108 cm³/mol. The van der Waals surface area contributed by atoms with Crippen LogP contribution in [0.15, 0.2) is 65.7 Å². The number of anilines is 1. The van der Waals surface area contributed by atoms with Gasteiger partial charge in [-0.25, -0.2) is 4.98 Å². The SMILES string of the molecule is Cc1ccccc1C(N)=O.O=c1[nH]c(NCc2ccccc2)nc2nc[nH]c12. The van der Waals surface area contributed by atoms with Crippen molar-refractivity contribution in [1.82, 2.24) is 19.9 Å². The molecule has 2 aromatic heterocycles. The lowest BCUT2D eigenvalue weighted by atomic mass is 10.1. The molecule has 142 valence electrons. The number of rotatable bonds is 4. The van der Waals surface area contributed by atoms with E-state index in [1.807, 2.05) is 49.4 Å². The van der Waals surface area contributed by atoms with Gasteiger partial charge in [-0.2, -0.15) is 4.98 Å². The first kappa shape index (κ1) is 18.8. The number of carbonyl (C=O) groups excluding carboxylic acids is 1. The minimum Gasteiger partial charge on any atom is -0.366 e. The molecular formula is C20H20N6O2. The first-order valence-electron chi connectivity index (χ1n) is 8.61. The van der Waals surface area contributed by atoms with Crippen LogP contribution in [0.3, 0.4) is 0 Å². The van der Waals surface area contributed by atoms with Crippen molar-refractivity contribution < 1.29 is 4.79 Å². The number of aromatic amines is 2. The summed E-state index contributed by atoms with van der Waals surface area (Å²) < 4.78 is 0. The largest absolute Gasteiger partial charge is 0.366 e. The maximum Gasteiger partial charge on any atom is 0.278 e. The van der Waals surface area contributed by atoms with Crippen LogP contribution in [0.1, 0.15) is 21.5 Å². The van der Waals surface area contributed by atoms with Gasteiger partial charge < -0.3 is 16.0 Å². The number of fused-ring (bicyclic) bond motifs is 1. The molecule has 5 N–H and O–H groups in total. The molecular weight excluding hydrogens is 356 g/mol. The Hall–Kier alpha value is -3.94. The van der Waals surface area contributed by atoms with E-state index in [1.54, 1.807) is 12.1 Å². The summed E-state index contributed by atoms with van der Waals surface area (Å²) in [7, 11) is 0. The van der Waals surface area contributed by atoms with Gasteiger partial charge in [0.1, 0.15) is 0 Å². The molecule has 2 aromatic carbocycles. The van der Waals surface area contributed by atoms with Gasteiger partial charge in [-0.3, -0.25) is 14.6 Å². The number of aromatic nitrogens is 4. The number of imidazole rings is 1. The van der Waals surface area contributed by atoms with Crippen molar-refractivity contribution in [3.05, 3.63) is 88.0 Å². The number of carbonyl (C=O) groups is 1. The molecule has 0 radical (unpaired) electrons. The Labute approximate surface area is 160 Å². The number of aryl methyl sites for hydroxylation is 1. The van der Waals surface area contributed by atoms with Crippen LogP contribution in [-0.2, 0) is 6.54 Å². The Balaban J connectivity index is 0.000000192. The van der Waals surface area contributed by atoms with Crippen LogP contribution < -0.4 is 16.6 Å². The summed E-state index contributed by atoms with van der Waals surface area (Å²) in [6.07, 6.45) is 1.45. The number of amides is 1. The highest BCUT2D eigenvalue weighted by molar-refractivity contribution is 5.94. The van der Waals surface area contributed by atoms with Crippen molar-refractivity contribution in [2.75, 3.05) is 5.32 Å². The highest BCUT2D eigenvalue weighted by atomic mass is 16.1. The van der Waals surface area contributed by atoms with Gasteiger partial charge in [-0.1, -0.05) is 48.5 Å². The van der Waals surface area contributed by atoms with Crippen LogP contribution in [-0.4, -0.2) is 25.8 Å². The molecule has 0 bridgehead atoms. The Morgan fingerprint density at radius 1 is 1.11 bits per heavy atom. The van der Waals surface area contributed by atoms with Crippen LogP contribution in [0.25, 0.3) is 11.2 Å². The summed E-state index contributed by atoms with van der Waals surface area (Å²) in [6.45, 7) is 2.46. The molecule has 1 amide bonds. The molecule has 2 heterocycles. The van der Waals surface area contributed by atoms with Gasteiger partial charge in [-0.15, -0.1) is 0 Å². The average Bonchev–Trinajstić information content (AvgIpc) is 3.17. The number of nitrogens with zero attached hydrogens (tertiary/aromatic N) is 2. The number of hydrogen-bond donors (Lipinski definition) is 4. The Kier molecular flexibility index (Phi) is 5.81. The number of H-pyrrole nitrogens is 2. The van der Waals surface area contributed by atoms with E-state index in [0.29, 0.717) is 29.2 Å². The summed E-state index contributed by atoms with van der Waals surface area (Å²) >= 11 is 0. The van der Waals surface area contributed by atoms with Crippen LogP contribution in [0.5, 0.6) is 0 Å². The third kappa shape index (κ3) is 4.61. The molecule has 4 rings (SSSR count). The highest BCUT2D eigenvalue weighted by Crippen LogP contribution is 2.06. The fraction of sp³-hybridized carbons (Fsp3) is 0.100. The molecule has 28 heavy (non-hydrogen) atoms. The molecule has 0 aliphatic carbocycles. The van der Waals surface area contributed by atoms with Crippen LogP contribution >= 0.6 is 0 Å². The van der Waals surface area contributed by atoms with Crippen molar-refractivity contribution in [3.8, 4) is 0 Å². The van der Waals surface area contributed by atoms with E-state index in [0.717, 1.165) is 11.1 Å². The quantitative estimate of drug-likeness (QED) is 0.434. The van der Waals surface area contributed by atoms with E-state index in [9.17, 15) is 9.59 Å². The van der Waals surface area contributed by atoms with Crippen molar-refractivity contribution in [3.63, 3.8) is 0 Å². The van der Waals surface area contributed by atoms with E-state index in [1.165, 1.54) is 6.33 Å². The van der Waals surface area contributed by atoms with E-state index < -0.39 is 0 Å². The molecule has 0 fully saturated rings. The summed E-state index contributed by atoms with van der Waals surface area (Å²) in [5, 5.41) is 3.06. The van der Waals surface area contributed by atoms with E-state index >= 15 is 0 Å². The Morgan fingerprint density at radius 2 is 1.82 bits per heavy atom. The van der Waals surface area contributed by atoms with Crippen molar-refractivity contribution in [1.29, 1.82) is 0 Å². The Bertz CT molecular complexity index is 1130.